The van der Waals surface area contributed by atoms with Crippen molar-refractivity contribution in [2.75, 3.05) is 0 Å². The average molecular weight is 296 g/mol. The van der Waals surface area contributed by atoms with E-state index in [-0.39, 0.29) is 6.10 Å². The second-order valence-electron chi connectivity index (χ2n) is 4.20. The monoisotopic (exact) mass is 294 g/mol. The predicted molar refractivity (Wildman–Crippen MR) is 70.4 cm³/mol. The lowest BCUT2D eigenvalue weighted by molar-refractivity contribution is 0.00693. The van der Waals surface area contributed by atoms with Gasteiger partial charge in [0.2, 0.25) is 0 Å². The first-order valence-electron chi connectivity index (χ1n) is 5.57. The SMILES string of the molecule is OC1CCCCC1Oc1cc(Cl)c(Cl)cc1Cl. The van der Waals surface area contributed by atoms with E-state index in [1.165, 1.54) is 0 Å². The van der Waals surface area contributed by atoms with Gasteiger partial charge in [-0.2, -0.15) is 0 Å². The van der Waals surface area contributed by atoms with Crippen molar-refractivity contribution in [1.82, 2.24) is 0 Å². The highest BCUT2D eigenvalue weighted by Crippen LogP contribution is 2.35. The van der Waals surface area contributed by atoms with Crippen LogP contribution in [0.3, 0.4) is 0 Å². The van der Waals surface area contributed by atoms with Crippen LogP contribution in [0.4, 0.5) is 0 Å². The second kappa shape index (κ2) is 5.66. The number of aliphatic hydroxyl groups excluding tert-OH is 1. The van der Waals surface area contributed by atoms with Crippen molar-refractivity contribution in [3.05, 3.63) is 27.2 Å². The molecule has 0 aromatic heterocycles. The summed E-state index contributed by atoms with van der Waals surface area (Å²) >= 11 is 17.8. The Bertz CT molecular complexity index is 409. The van der Waals surface area contributed by atoms with Gasteiger partial charge in [0, 0.05) is 6.07 Å². The summed E-state index contributed by atoms with van der Waals surface area (Å²) in [6.07, 6.45) is 3.05. The largest absolute Gasteiger partial charge is 0.486 e. The molecule has 1 aromatic rings. The Labute approximate surface area is 115 Å². The van der Waals surface area contributed by atoms with Crippen LogP contribution in [0, 0.1) is 0 Å². The number of aliphatic hydroxyl groups is 1. The first-order chi connectivity index (χ1) is 8.08. The fraction of sp³-hybridized carbons (Fsp3) is 0.500. The number of halogens is 3. The minimum absolute atomic E-state index is 0.210. The maximum Gasteiger partial charge on any atom is 0.140 e. The minimum atomic E-state index is -0.436. The number of hydrogen-bond donors (Lipinski definition) is 1. The Balaban J connectivity index is 2.15. The van der Waals surface area contributed by atoms with E-state index in [1.807, 2.05) is 0 Å². The van der Waals surface area contributed by atoms with Gasteiger partial charge in [-0.25, -0.2) is 0 Å². The van der Waals surface area contributed by atoms with E-state index in [0.29, 0.717) is 20.8 Å². The molecule has 2 unspecified atom stereocenters. The van der Waals surface area contributed by atoms with Crippen LogP contribution in [0.25, 0.3) is 0 Å². The van der Waals surface area contributed by atoms with Gasteiger partial charge >= 0.3 is 0 Å². The van der Waals surface area contributed by atoms with E-state index in [4.69, 9.17) is 39.5 Å². The fourth-order valence-electron chi connectivity index (χ4n) is 1.97. The molecule has 2 atom stereocenters. The summed E-state index contributed by atoms with van der Waals surface area (Å²) in [4.78, 5) is 0. The zero-order valence-corrected chi connectivity index (χ0v) is 11.4. The molecule has 0 saturated heterocycles. The van der Waals surface area contributed by atoms with Crippen molar-refractivity contribution in [2.45, 2.75) is 37.9 Å². The fourth-order valence-corrected chi connectivity index (χ4v) is 2.55. The van der Waals surface area contributed by atoms with Crippen molar-refractivity contribution in [1.29, 1.82) is 0 Å². The molecule has 1 N–H and O–H groups in total. The van der Waals surface area contributed by atoms with Crippen LogP contribution in [-0.4, -0.2) is 17.3 Å². The van der Waals surface area contributed by atoms with Crippen molar-refractivity contribution in [2.24, 2.45) is 0 Å². The van der Waals surface area contributed by atoms with Crippen molar-refractivity contribution in [3.63, 3.8) is 0 Å². The highest BCUT2D eigenvalue weighted by Gasteiger charge is 2.25. The third-order valence-electron chi connectivity index (χ3n) is 2.92. The van der Waals surface area contributed by atoms with Crippen molar-refractivity contribution < 1.29 is 9.84 Å². The third-order valence-corrected chi connectivity index (χ3v) is 3.94. The quantitative estimate of drug-likeness (QED) is 0.823. The molecule has 17 heavy (non-hydrogen) atoms. The second-order valence-corrected chi connectivity index (χ2v) is 5.43. The molecule has 2 nitrogen and oxygen atoms in total. The summed E-state index contributed by atoms with van der Waals surface area (Å²) in [5, 5.41) is 11.0. The summed E-state index contributed by atoms with van der Waals surface area (Å²) in [5.41, 5.74) is 0. The van der Waals surface area contributed by atoms with Gasteiger partial charge in [-0.3, -0.25) is 0 Å². The molecule has 5 heteroatoms. The summed E-state index contributed by atoms with van der Waals surface area (Å²) in [6, 6.07) is 3.14. The Morgan fingerprint density at radius 3 is 2.35 bits per heavy atom. The molecule has 0 aliphatic heterocycles. The Morgan fingerprint density at radius 2 is 1.65 bits per heavy atom. The number of ether oxygens (including phenoxy) is 1. The molecule has 0 spiro atoms. The predicted octanol–water partition coefficient (Wildman–Crippen LogP) is 4.33. The van der Waals surface area contributed by atoms with Crippen LogP contribution in [0.15, 0.2) is 12.1 Å². The van der Waals surface area contributed by atoms with Gasteiger partial charge in [0.15, 0.2) is 0 Å². The maximum absolute atomic E-state index is 9.82. The van der Waals surface area contributed by atoms with Gasteiger partial charge in [-0.05, 0) is 25.3 Å². The van der Waals surface area contributed by atoms with E-state index in [9.17, 15) is 5.11 Å². The molecule has 94 valence electrons. The molecular weight excluding hydrogens is 282 g/mol. The Kier molecular flexibility index (Phi) is 4.42. The van der Waals surface area contributed by atoms with Crippen LogP contribution >= 0.6 is 34.8 Å². The van der Waals surface area contributed by atoms with Crippen LogP contribution in [0.5, 0.6) is 5.75 Å². The highest BCUT2D eigenvalue weighted by atomic mass is 35.5. The summed E-state index contributed by atoms with van der Waals surface area (Å²) in [7, 11) is 0. The maximum atomic E-state index is 9.82. The average Bonchev–Trinajstić information content (AvgIpc) is 2.29. The van der Waals surface area contributed by atoms with E-state index >= 15 is 0 Å². The lowest BCUT2D eigenvalue weighted by Gasteiger charge is -2.28. The zero-order chi connectivity index (χ0) is 12.4. The van der Waals surface area contributed by atoms with Gasteiger partial charge in [0.25, 0.3) is 0 Å². The number of rotatable bonds is 2. The molecule has 0 bridgehead atoms. The summed E-state index contributed by atoms with van der Waals surface area (Å²) < 4.78 is 5.71. The van der Waals surface area contributed by atoms with E-state index in [0.717, 1.165) is 25.7 Å². The van der Waals surface area contributed by atoms with E-state index in [1.54, 1.807) is 12.1 Å². The topological polar surface area (TPSA) is 29.5 Å². The van der Waals surface area contributed by atoms with E-state index < -0.39 is 6.10 Å². The Morgan fingerprint density at radius 1 is 1.00 bits per heavy atom. The van der Waals surface area contributed by atoms with Gasteiger partial charge in [-0.1, -0.05) is 41.2 Å². The number of hydrogen-bond acceptors (Lipinski definition) is 2. The molecule has 1 aromatic carbocycles. The van der Waals surface area contributed by atoms with Gasteiger partial charge in [0.1, 0.15) is 11.9 Å². The molecule has 0 heterocycles. The third kappa shape index (κ3) is 3.19. The lowest BCUT2D eigenvalue weighted by atomic mass is 9.95. The molecule has 0 amide bonds. The van der Waals surface area contributed by atoms with Gasteiger partial charge in [0.05, 0.1) is 21.2 Å². The molecule has 1 aliphatic rings. The van der Waals surface area contributed by atoms with Crippen molar-refractivity contribution >= 4 is 34.8 Å². The van der Waals surface area contributed by atoms with Crippen molar-refractivity contribution in [3.8, 4) is 5.75 Å². The van der Waals surface area contributed by atoms with Crippen LogP contribution in [0.1, 0.15) is 25.7 Å². The van der Waals surface area contributed by atoms with Gasteiger partial charge in [-0.15, -0.1) is 0 Å². The van der Waals surface area contributed by atoms with Crippen LogP contribution in [-0.2, 0) is 0 Å². The lowest BCUT2D eigenvalue weighted by Crippen LogP contribution is -2.34. The first kappa shape index (κ1) is 13.3. The first-order valence-corrected chi connectivity index (χ1v) is 6.70. The Hall–Kier alpha value is -0.150. The smallest absolute Gasteiger partial charge is 0.140 e. The zero-order valence-electron chi connectivity index (χ0n) is 9.13. The molecule has 1 aliphatic carbocycles. The van der Waals surface area contributed by atoms with Crippen LogP contribution in [0.2, 0.25) is 15.1 Å². The van der Waals surface area contributed by atoms with E-state index in [2.05, 4.69) is 0 Å². The number of benzene rings is 1. The minimum Gasteiger partial charge on any atom is -0.486 e. The molecule has 2 rings (SSSR count). The van der Waals surface area contributed by atoms with Crippen LogP contribution < -0.4 is 4.74 Å². The highest BCUT2D eigenvalue weighted by molar-refractivity contribution is 6.43. The molecular formula is C12H13Cl3O2. The summed E-state index contributed by atoms with van der Waals surface area (Å²) in [6.45, 7) is 0. The molecule has 1 fully saturated rings. The summed E-state index contributed by atoms with van der Waals surface area (Å²) in [5.74, 6) is 0.479. The standard InChI is InChI=1S/C12H13Cl3O2/c13-7-5-9(15)12(6-8(7)14)17-11-4-2-1-3-10(11)16/h5-6,10-11,16H,1-4H2. The molecule has 0 radical (unpaired) electrons. The van der Waals surface area contributed by atoms with Gasteiger partial charge < -0.3 is 9.84 Å². The normalized spacial score (nSPS) is 24.7. The molecule has 1 saturated carbocycles.